The second-order valence-corrected chi connectivity index (χ2v) is 4.16. The molecule has 14 heavy (non-hydrogen) atoms. The Balaban J connectivity index is 2.26. The zero-order valence-corrected chi connectivity index (χ0v) is 8.61. The lowest BCUT2D eigenvalue weighted by Gasteiger charge is -2.14. The van der Waals surface area contributed by atoms with E-state index < -0.39 is 12.2 Å². The van der Waals surface area contributed by atoms with Crippen molar-refractivity contribution in [1.29, 1.82) is 0 Å². The van der Waals surface area contributed by atoms with Gasteiger partial charge in [-0.3, -0.25) is 0 Å². The lowest BCUT2D eigenvalue weighted by atomic mass is 10.1. The van der Waals surface area contributed by atoms with E-state index in [0.29, 0.717) is 11.3 Å². The third-order valence-electron chi connectivity index (χ3n) is 2.22. The highest BCUT2D eigenvalue weighted by Crippen LogP contribution is 2.35. The molecule has 0 amide bonds. The van der Waals surface area contributed by atoms with E-state index in [9.17, 15) is 13.2 Å². The van der Waals surface area contributed by atoms with Crippen molar-refractivity contribution < 1.29 is 13.2 Å². The van der Waals surface area contributed by atoms with E-state index in [1.54, 1.807) is 18.2 Å². The van der Waals surface area contributed by atoms with Gasteiger partial charge < -0.3 is 5.32 Å². The molecule has 2 rings (SSSR count). The van der Waals surface area contributed by atoms with Crippen LogP contribution < -0.4 is 5.32 Å². The summed E-state index contributed by atoms with van der Waals surface area (Å²) in [6.07, 6.45) is -4.16. The Labute approximate surface area is 87.4 Å². The number of hydrogen-bond donors (Lipinski definition) is 1. The summed E-state index contributed by atoms with van der Waals surface area (Å²) in [4.78, 5) is 0. The summed E-state index contributed by atoms with van der Waals surface area (Å²) >= 11 is 3.23. The van der Waals surface area contributed by atoms with Gasteiger partial charge in [-0.15, -0.1) is 0 Å². The van der Waals surface area contributed by atoms with Crippen molar-refractivity contribution in [2.24, 2.45) is 0 Å². The molecule has 0 aliphatic carbocycles. The van der Waals surface area contributed by atoms with E-state index in [1.807, 2.05) is 0 Å². The van der Waals surface area contributed by atoms with Gasteiger partial charge in [0.2, 0.25) is 0 Å². The summed E-state index contributed by atoms with van der Waals surface area (Å²) in [6.45, 7) is 0. The SMILES string of the molecule is FC(F)(F)C1Cc2cc(Br)ccc2N1. The Bertz CT molecular complexity index is 362. The van der Waals surface area contributed by atoms with Gasteiger partial charge in [0.1, 0.15) is 6.04 Å². The van der Waals surface area contributed by atoms with Gasteiger partial charge in [0.25, 0.3) is 0 Å². The molecule has 0 bridgehead atoms. The first-order chi connectivity index (χ1) is 6.47. The second kappa shape index (κ2) is 3.15. The third kappa shape index (κ3) is 1.73. The van der Waals surface area contributed by atoms with E-state index >= 15 is 0 Å². The summed E-state index contributed by atoms with van der Waals surface area (Å²) in [5.41, 5.74) is 1.29. The molecule has 0 spiro atoms. The molecule has 0 saturated heterocycles. The minimum absolute atomic E-state index is 0.0122. The fraction of sp³-hybridized carbons (Fsp3) is 0.333. The van der Waals surface area contributed by atoms with Gasteiger partial charge in [-0.05, 0) is 23.8 Å². The van der Waals surface area contributed by atoms with Crippen molar-refractivity contribution in [3.05, 3.63) is 28.2 Å². The first-order valence-corrected chi connectivity index (χ1v) is 4.88. The maximum Gasteiger partial charge on any atom is 0.408 e. The molecule has 1 aromatic carbocycles. The molecule has 0 fully saturated rings. The molecular weight excluding hydrogens is 259 g/mol. The minimum atomic E-state index is -4.18. The van der Waals surface area contributed by atoms with E-state index in [4.69, 9.17) is 0 Å². The van der Waals surface area contributed by atoms with Crippen LogP contribution in [0, 0.1) is 0 Å². The Morgan fingerprint density at radius 3 is 2.71 bits per heavy atom. The molecule has 1 N–H and O–H groups in total. The first-order valence-electron chi connectivity index (χ1n) is 4.08. The van der Waals surface area contributed by atoms with E-state index in [2.05, 4.69) is 21.2 Å². The summed E-state index contributed by atoms with van der Waals surface area (Å²) in [5.74, 6) is 0. The van der Waals surface area contributed by atoms with Crippen LogP contribution in [-0.4, -0.2) is 12.2 Å². The van der Waals surface area contributed by atoms with Gasteiger partial charge in [0.15, 0.2) is 0 Å². The molecule has 76 valence electrons. The molecule has 0 aromatic heterocycles. The number of halogens is 4. The van der Waals surface area contributed by atoms with Crippen LogP contribution in [0.1, 0.15) is 5.56 Å². The topological polar surface area (TPSA) is 12.0 Å². The average Bonchev–Trinajstić information content (AvgIpc) is 2.45. The number of nitrogens with one attached hydrogen (secondary N) is 1. The van der Waals surface area contributed by atoms with Crippen molar-refractivity contribution in [1.82, 2.24) is 0 Å². The molecule has 5 heteroatoms. The van der Waals surface area contributed by atoms with Gasteiger partial charge in [-0.1, -0.05) is 15.9 Å². The Morgan fingerprint density at radius 1 is 1.36 bits per heavy atom. The number of alkyl halides is 3. The van der Waals surface area contributed by atoms with Gasteiger partial charge in [-0.2, -0.15) is 13.2 Å². The highest BCUT2D eigenvalue weighted by molar-refractivity contribution is 9.10. The number of benzene rings is 1. The quantitative estimate of drug-likeness (QED) is 0.759. The molecule has 1 heterocycles. The molecule has 1 aliphatic rings. The third-order valence-corrected chi connectivity index (χ3v) is 2.71. The van der Waals surface area contributed by atoms with E-state index in [-0.39, 0.29) is 6.42 Å². The lowest BCUT2D eigenvalue weighted by molar-refractivity contribution is -0.140. The second-order valence-electron chi connectivity index (χ2n) is 3.24. The van der Waals surface area contributed by atoms with Crippen molar-refractivity contribution in [3.63, 3.8) is 0 Å². The number of anilines is 1. The highest BCUT2D eigenvalue weighted by atomic mass is 79.9. The van der Waals surface area contributed by atoms with Crippen molar-refractivity contribution >= 4 is 21.6 Å². The van der Waals surface area contributed by atoms with Crippen LogP contribution in [0.2, 0.25) is 0 Å². The van der Waals surface area contributed by atoms with Crippen LogP contribution in [0.5, 0.6) is 0 Å². The first kappa shape index (κ1) is 9.83. The van der Waals surface area contributed by atoms with Crippen LogP contribution in [0.3, 0.4) is 0 Å². The van der Waals surface area contributed by atoms with Crippen LogP contribution in [0.4, 0.5) is 18.9 Å². The number of fused-ring (bicyclic) bond motifs is 1. The smallest absolute Gasteiger partial charge is 0.373 e. The molecule has 1 aliphatic heterocycles. The Kier molecular flexibility index (Phi) is 2.21. The van der Waals surface area contributed by atoms with Crippen LogP contribution in [-0.2, 0) is 6.42 Å². The molecule has 0 radical (unpaired) electrons. The zero-order chi connectivity index (χ0) is 10.3. The predicted molar refractivity (Wildman–Crippen MR) is 51.3 cm³/mol. The fourth-order valence-electron chi connectivity index (χ4n) is 1.53. The molecule has 1 aromatic rings. The molecule has 1 atom stereocenters. The maximum absolute atomic E-state index is 12.4. The zero-order valence-electron chi connectivity index (χ0n) is 7.03. The molecular formula is C9H7BrF3N. The van der Waals surface area contributed by atoms with Crippen molar-refractivity contribution in [2.75, 3.05) is 5.32 Å². The Hall–Kier alpha value is -0.710. The number of hydrogen-bond acceptors (Lipinski definition) is 1. The predicted octanol–water partition coefficient (Wildman–Crippen LogP) is 3.35. The summed E-state index contributed by atoms with van der Waals surface area (Å²) < 4.78 is 37.9. The monoisotopic (exact) mass is 265 g/mol. The normalized spacial score (nSPS) is 20.4. The van der Waals surface area contributed by atoms with E-state index in [0.717, 1.165) is 4.47 Å². The number of rotatable bonds is 0. The lowest BCUT2D eigenvalue weighted by Crippen LogP contribution is -2.34. The van der Waals surface area contributed by atoms with Crippen LogP contribution in [0.25, 0.3) is 0 Å². The molecule has 1 nitrogen and oxygen atoms in total. The summed E-state index contributed by atoms with van der Waals surface area (Å²) in [6, 6.07) is 3.66. The van der Waals surface area contributed by atoms with Gasteiger partial charge in [0.05, 0.1) is 0 Å². The van der Waals surface area contributed by atoms with Crippen molar-refractivity contribution in [2.45, 2.75) is 18.6 Å². The van der Waals surface area contributed by atoms with Crippen molar-refractivity contribution in [3.8, 4) is 0 Å². The largest absolute Gasteiger partial charge is 0.408 e. The highest BCUT2D eigenvalue weighted by Gasteiger charge is 2.42. The molecule has 1 unspecified atom stereocenters. The van der Waals surface area contributed by atoms with E-state index in [1.165, 1.54) is 0 Å². The average molecular weight is 266 g/mol. The standard InChI is InChI=1S/C9H7BrF3N/c10-6-1-2-7-5(3-6)4-8(14-7)9(11,12)13/h1-3,8,14H,4H2. The Morgan fingerprint density at radius 2 is 2.07 bits per heavy atom. The summed E-state index contributed by atoms with van der Waals surface area (Å²) in [7, 11) is 0. The fourth-order valence-corrected chi connectivity index (χ4v) is 1.94. The van der Waals surface area contributed by atoms with Gasteiger partial charge in [-0.25, -0.2) is 0 Å². The van der Waals surface area contributed by atoms with Crippen LogP contribution in [0.15, 0.2) is 22.7 Å². The maximum atomic E-state index is 12.4. The van der Waals surface area contributed by atoms with Gasteiger partial charge >= 0.3 is 6.18 Å². The van der Waals surface area contributed by atoms with Crippen LogP contribution >= 0.6 is 15.9 Å². The summed E-state index contributed by atoms with van der Waals surface area (Å²) in [5, 5.41) is 2.46. The minimum Gasteiger partial charge on any atom is -0.373 e. The van der Waals surface area contributed by atoms with Gasteiger partial charge in [0, 0.05) is 16.6 Å². The molecule has 0 saturated carbocycles.